The number of aliphatic imine (C=N–C) groups is 2. The van der Waals surface area contributed by atoms with E-state index in [1.54, 1.807) is 12.4 Å². The van der Waals surface area contributed by atoms with Crippen molar-refractivity contribution in [3.8, 4) is 0 Å². The molecule has 9 heavy (non-hydrogen) atoms. The van der Waals surface area contributed by atoms with Gasteiger partial charge in [-0.2, -0.15) is 0 Å². The van der Waals surface area contributed by atoms with Crippen molar-refractivity contribution >= 4 is 12.1 Å². The molecular formula is C7H8N2. The third-order valence-electron chi connectivity index (χ3n) is 0.967. The summed E-state index contributed by atoms with van der Waals surface area (Å²) in [4.78, 5) is 7.92. The quantitative estimate of drug-likeness (QED) is 0.463. The molecular weight excluding hydrogens is 112 g/mol. The van der Waals surface area contributed by atoms with Crippen LogP contribution in [0.4, 0.5) is 0 Å². The fraction of sp³-hybridized carbons (Fsp3) is 0.143. The third kappa shape index (κ3) is 1.64. The highest BCUT2D eigenvalue weighted by Gasteiger charge is 1.87. The van der Waals surface area contributed by atoms with E-state index in [4.69, 9.17) is 0 Å². The zero-order valence-corrected chi connectivity index (χ0v) is 5.33. The molecule has 0 atom stereocenters. The summed E-state index contributed by atoms with van der Waals surface area (Å²) >= 11 is 0. The van der Waals surface area contributed by atoms with Crippen molar-refractivity contribution in [2.75, 3.05) is 0 Å². The van der Waals surface area contributed by atoms with Crippen LogP contribution in [0.5, 0.6) is 0 Å². The predicted molar refractivity (Wildman–Crippen MR) is 39.9 cm³/mol. The van der Waals surface area contributed by atoms with Gasteiger partial charge in [0.05, 0.1) is 0 Å². The Balaban J connectivity index is 2.88. The first-order valence-corrected chi connectivity index (χ1v) is 2.73. The van der Waals surface area contributed by atoms with Gasteiger partial charge in [0.15, 0.2) is 0 Å². The minimum absolute atomic E-state index is 0.768. The number of amidine groups is 1. The van der Waals surface area contributed by atoms with Crippen molar-refractivity contribution in [2.24, 2.45) is 9.98 Å². The van der Waals surface area contributed by atoms with E-state index in [2.05, 4.69) is 16.6 Å². The lowest BCUT2D eigenvalue weighted by Crippen LogP contribution is -1.82. The Morgan fingerprint density at radius 1 is 1.56 bits per heavy atom. The average Bonchev–Trinajstić information content (AvgIpc) is 1.97. The van der Waals surface area contributed by atoms with E-state index in [0.717, 1.165) is 11.4 Å². The molecule has 1 rings (SSSR count). The fourth-order valence-electron chi connectivity index (χ4n) is 0.494. The van der Waals surface area contributed by atoms with Crippen LogP contribution in [0.3, 0.4) is 0 Å². The van der Waals surface area contributed by atoms with Gasteiger partial charge in [0.1, 0.15) is 5.84 Å². The molecule has 0 N–H and O–H groups in total. The van der Waals surface area contributed by atoms with Gasteiger partial charge in [0.25, 0.3) is 0 Å². The minimum Gasteiger partial charge on any atom is -0.242 e. The predicted octanol–water partition coefficient (Wildman–Crippen LogP) is 1.56. The molecule has 0 radical (unpaired) electrons. The Kier molecular flexibility index (Phi) is 1.58. The molecule has 2 nitrogen and oxygen atoms in total. The van der Waals surface area contributed by atoms with E-state index < -0.39 is 0 Å². The molecule has 0 aliphatic carbocycles. The van der Waals surface area contributed by atoms with E-state index >= 15 is 0 Å². The van der Waals surface area contributed by atoms with E-state index in [1.807, 2.05) is 13.0 Å². The summed E-state index contributed by atoms with van der Waals surface area (Å²) in [6, 6.07) is 0. The van der Waals surface area contributed by atoms with Gasteiger partial charge in [0, 0.05) is 12.4 Å². The molecule has 0 aromatic heterocycles. The second-order valence-electron chi connectivity index (χ2n) is 1.83. The van der Waals surface area contributed by atoms with Crippen molar-refractivity contribution in [1.82, 2.24) is 0 Å². The number of hydrogen-bond donors (Lipinski definition) is 0. The second kappa shape index (κ2) is 2.40. The van der Waals surface area contributed by atoms with E-state index in [9.17, 15) is 0 Å². The van der Waals surface area contributed by atoms with Gasteiger partial charge in [-0.15, -0.1) is 0 Å². The smallest absolute Gasteiger partial charge is 0.125 e. The summed E-state index contributed by atoms with van der Waals surface area (Å²) in [5.41, 5.74) is 0.885. The van der Waals surface area contributed by atoms with Crippen LogP contribution in [0, 0.1) is 0 Å². The van der Waals surface area contributed by atoms with Crippen LogP contribution >= 0.6 is 0 Å². The van der Waals surface area contributed by atoms with Crippen LogP contribution in [0.25, 0.3) is 0 Å². The number of hydrogen-bond acceptors (Lipinski definition) is 2. The first-order valence-electron chi connectivity index (χ1n) is 2.73. The van der Waals surface area contributed by atoms with Crippen LogP contribution in [0.1, 0.15) is 6.92 Å². The molecule has 1 heterocycles. The van der Waals surface area contributed by atoms with E-state index in [1.165, 1.54) is 0 Å². The third-order valence-corrected chi connectivity index (χ3v) is 0.967. The molecule has 0 saturated heterocycles. The highest BCUT2D eigenvalue weighted by Crippen LogP contribution is 1.95. The first-order chi connectivity index (χ1) is 4.29. The van der Waals surface area contributed by atoms with Gasteiger partial charge >= 0.3 is 0 Å². The van der Waals surface area contributed by atoms with Gasteiger partial charge in [0.2, 0.25) is 0 Å². The zero-order chi connectivity index (χ0) is 6.69. The first kappa shape index (κ1) is 5.95. The lowest BCUT2D eigenvalue weighted by atomic mass is 10.3. The SMILES string of the molecule is C=C1C=CN=C(C)N=C1. The topological polar surface area (TPSA) is 24.7 Å². The molecule has 0 aromatic rings. The van der Waals surface area contributed by atoms with Crippen molar-refractivity contribution in [3.63, 3.8) is 0 Å². The number of nitrogens with zero attached hydrogens (tertiary/aromatic N) is 2. The van der Waals surface area contributed by atoms with Crippen LogP contribution in [0.15, 0.2) is 34.4 Å². The lowest BCUT2D eigenvalue weighted by Gasteiger charge is -1.81. The van der Waals surface area contributed by atoms with Crippen LogP contribution in [0.2, 0.25) is 0 Å². The Labute approximate surface area is 54.3 Å². The van der Waals surface area contributed by atoms with Crippen molar-refractivity contribution < 1.29 is 0 Å². The second-order valence-corrected chi connectivity index (χ2v) is 1.83. The Morgan fingerprint density at radius 3 is 3.11 bits per heavy atom. The van der Waals surface area contributed by atoms with E-state index in [0.29, 0.717) is 0 Å². The van der Waals surface area contributed by atoms with Crippen LogP contribution in [-0.2, 0) is 0 Å². The van der Waals surface area contributed by atoms with E-state index in [-0.39, 0.29) is 0 Å². The minimum atomic E-state index is 0.768. The molecule has 0 amide bonds. The Bertz CT molecular complexity index is 209. The maximum Gasteiger partial charge on any atom is 0.125 e. The van der Waals surface area contributed by atoms with Crippen LogP contribution in [-0.4, -0.2) is 12.1 Å². The maximum atomic E-state index is 3.97. The molecule has 0 aromatic carbocycles. The fourth-order valence-corrected chi connectivity index (χ4v) is 0.494. The standard InChI is InChI=1S/C7H8N2/c1-6-3-4-8-7(2)9-5-6/h3-5H,1H2,2H3. The van der Waals surface area contributed by atoms with Gasteiger partial charge < -0.3 is 0 Å². The van der Waals surface area contributed by atoms with Gasteiger partial charge in [-0.25, -0.2) is 9.98 Å². The lowest BCUT2D eigenvalue weighted by molar-refractivity contribution is 1.48. The van der Waals surface area contributed by atoms with Crippen molar-refractivity contribution in [1.29, 1.82) is 0 Å². The maximum absolute atomic E-state index is 3.97. The molecule has 46 valence electrons. The summed E-state index contributed by atoms with van der Waals surface area (Å²) < 4.78 is 0. The molecule has 2 heteroatoms. The zero-order valence-electron chi connectivity index (χ0n) is 5.33. The molecule has 1 aliphatic heterocycles. The monoisotopic (exact) mass is 120 g/mol. The molecule has 1 aliphatic rings. The largest absolute Gasteiger partial charge is 0.242 e. The van der Waals surface area contributed by atoms with Crippen molar-refractivity contribution in [3.05, 3.63) is 24.4 Å². The highest BCUT2D eigenvalue weighted by atomic mass is 14.9. The Hall–Kier alpha value is -1.18. The molecule has 0 spiro atoms. The summed E-state index contributed by atoms with van der Waals surface area (Å²) in [7, 11) is 0. The summed E-state index contributed by atoms with van der Waals surface area (Å²) in [5, 5.41) is 0. The average molecular weight is 120 g/mol. The Morgan fingerprint density at radius 2 is 2.33 bits per heavy atom. The summed E-state index contributed by atoms with van der Waals surface area (Å²) in [6.45, 7) is 5.55. The summed E-state index contributed by atoms with van der Waals surface area (Å²) in [6.07, 6.45) is 5.22. The van der Waals surface area contributed by atoms with Crippen molar-refractivity contribution in [2.45, 2.75) is 6.92 Å². The molecule has 0 saturated carbocycles. The number of allylic oxidation sites excluding steroid dienone is 2. The number of rotatable bonds is 0. The van der Waals surface area contributed by atoms with Crippen LogP contribution < -0.4 is 0 Å². The van der Waals surface area contributed by atoms with Gasteiger partial charge in [-0.05, 0) is 18.6 Å². The highest BCUT2D eigenvalue weighted by molar-refractivity contribution is 5.95. The molecule has 0 fully saturated rings. The summed E-state index contributed by atoms with van der Waals surface area (Å²) in [5.74, 6) is 0.768. The molecule has 0 bridgehead atoms. The normalized spacial score (nSPS) is 17.4. The van der Waals surface area contributed by atoms with Gasteiger partial charge in [-0.1, -0.05) is 6.58 Å². The van der Waals surface area contributed by atoms with Gasteiger partial charge in [-0.3, -0.25) is 0 Å². The molecule has 0 unspecified atom stereocenters.